The highest BCUT2D eigenvalue weighted by Gasteiger charge is 2.22. The van der Waals surface area contributed by atoms with Crippen LogP contribution in [0.15, 0.2) is 48.5 Å². The highest BCUT2D eigenvalue weighted by atomic mass is 14.9. The molecule has 1 aliphatic carbocycles. The van der Waals surface area contributed by atoms with Gasteiger partial charge in [-0.15, -0.1) is 0 Å². The Bertz CT molecular complexity index is 1140. The third kappa shape index (κ3) is 3.24. The van der Waals surface area contributed by atoms with Gasteiger partial charge in [0.2, 0.25) is 0 Å². The molecular weight excluding hydrogens is 372 g/mol. The first-order valence-electron chi connectivity index (χ1n) is 10.5. The molecule has 6 nitrogen and oxygen atoms in total. The lowest BCUT2D eigenvalue weighted by molar-refractivity contribution is 0.922. The van der Waals surface area contributed by atoms with Crippen molar-refractivity contribution in [2.75, 3.05) is 36.8 Å². The molecule has 5 rings (SSSR count). The van der Waals surface area contributed by atoms with Crippen LogP contribution in [-0.2, 0) is 12.8 Å². The lowest BCUT2D eigenvalue weighted by atomic mass is 9.90. The second-order valence-electron chi connectivity index (χ2n) is 7.68. The van der Waals surface area contributed by atoms with Gasteiger partial charge >= 0.3 is 0 Å². The van der Waals surface area contributed by atoms with Crippen molar-refractivity contribution in [1.82, 2.24) is 9.97 Å². The first-order valence-corrected chi connectivity index (χ1v) is 10.5. The molecular formula is C24H26N6. The standard InChI is InChI=1S/C24H26N6/c25-9-11-27-19-5-1-3-15-13-17-7-8-18-14-16-4-2-6-20(28-12-10-26)22(16)30-24(18)23(17)29-21(15)19/h1-6,13-14,27-28H,7-12,25-26H2. The summed E-state index contributed by atoms with van der Waals surface area (Å²) in [5.41, 5.74) is 19.8. The van der Waals surface area contributed by atoms with Crippen LogP contribution in [0, 0.1) is 0 Å². The van der Waals surface area contributed by atoms with Gasteiger partial charge in [0.25, 0.3) is 0 Å². The van der Waals surface area contributed by atoms with Gasteiger partial charge in [0.1, 0.15) is 0 Å². The Hall–Kier alpha value is -3.22. The molecule has 152 valence electrons. The van der Waals surface area contributed by atoms with Crippen molar-refractivity contribution in [1.29, 1.82) is 0 Å². The number of nitrogens with one attached hydrogen (secondary N) is 2. The maximum absolute atomic E-state index is 5.69. The van der Waals surface area contributed by atoms with Crippen LogP contribution in [0.4, 0.5) is 11.4 Å². The Morgan fingerprint density at radius 1 is 0.700 bits per heavy atom. The third-order valence-corrected chi connectivity index (χ3v) is 5.66. The minimum absolute atomic E-state index is 0.580. The summed E-state index contributed by atoms with van der Waals surface area (Å²) in [6.45, 7) is 2.59. The third-order valence-electron chi connectivity index (χ3n) is 5.66. The number of hydrogen-bond donors (Lipinski definition) is 4. The van der Waals surface area contributed by atoms with E-state index in [9.17, 15) is 0 Å². The van der Waals surface area contributed by atoms with Crippen LogP contribution in [0.1, 0.15) is 11.1 Å². The van der Waals surface area contributed by atoms with Crippen molar-refractivity contribution >= 4 is 33.2 Å². The van der Waals surface area contributed by atoms with Crippen molar-refractivity contribution < 1.29 is 0 Å². The average molecular weight is 399 g/mol. The van der Waals surface area contributed by atoms with Gasteiger partial charge in [0.15, 0.2) is 0 Å². The molecule has 0 fully saturated rings. The Morgan fingerprint density at radius 2 is 1.17 bits per heavy atom. The first-order chi connectivity index (χ1) is 14.8. The van der Waals surface area contributed by atoms with E-state index in [0.29, 0.717) is 26.2 Å². The van der Waals surface area contributed by atoms with Crippen molar-refractivity contribution in [2.45, 2.75) is 12.8 Å². The number of anilines is 2. The van der Waals surface area contributed by atoms with Crippen LogP contribution in [0.2, 0.25) is 0 Å². The molecule has 4 aromatic rings. The zero-order chi connectivity index (χ0) is 20.5. The Kier molecular flexibility index (Phi) is 4.94. The highest BCUT2D eigenvalue weighted by Crippen LogP contribution is 2.37. The second-order valence-corrected chi connectivity index (χ2v) is 7.68. The molecule has 2 aromatic heterocycles. The summed E-state index contributed by atoms with van der Waals surface area (Å²) in [6, 6.07) is 17.0. The number of para-hydroxylation sites is 2. The van der Waals surface area contributed by atoms with E-state index in [1.165, 1.54) is 11.1 Å². The molecule has 0 bridgehead atoms. The van der Waals surface area contributed by atoms with Gasteiger partial charge in [-0.3, -0.25) is 0 Å². The summed E-state index contributed by atoms with van der Waals surface area (Å²) in [7, 11) is 0. The summed E-state index contributed by atoms with van der Waals surface area (Å²) < 4.78 is 0. The Labute approximate surface area is 175 Å². The minimum atomic E-state index is 0.580. The number of pyridine rings is 2. The lowest BCUT2D eigenvalue weighted by Gasteiger charge is -2.21. The Morgan fingerprint density at radius 3 is 1.60 bits per heavy atom. The normalized spacial score (nSPS) is 12.6. The number of fused-ring (bicyclic) bond motifs is 5. The zero-order valence-electron chi connectivity index (χ0n) is 16.9. The maximum atomic E-state index is 5.69. The molecule has 6 N–H and O–H groups in total. The topological polar surface area (TPSA) is 102 Å². The van der Waals surface area contributed by atoms with E-state index < -0.39 is 0 Å². The molecule has 2 heterocycles. The van der Waals surface area contributed by atoms with E-state index in [0.717, 1.165) is 57.4 Å². The van der Waals surface area contributed by atoms with Crippen LogP contribution in [-0.4, -0.2) is 36.1 Å². The fourth-order valence-electron chi connectivity index (χ4n) is 4.24. The summed E-state index contributed by atoms with van der Waals surface area (Å²) >= 11 is 0. The zero-order valence-corrected chi connectivity index (χ0v) is 16.9. The van der Waals surface area contributed by atoms with Gasteiger partial charge in [-0.2, -0.15) is 0 Å². The molecule has 0 saturated heterocycles. The van der Waals surface area contributed by atoms with Crippen molar-refractivity contribution in [2.24, 2.45) is 11.5 Å². The minimum Gasteiger partial charge on any atom is -0.382 e. The molecule has 1 aliphatic rings. The van der Waals surface area contributed by atoms with E-state index in [1.54, 1.807) is 0 Å². The summed E-state index contributed by atoms with van der Waals surface area (Å²) in [6.07, 6.45) is 1.95. The largest absolute Gasteiger partial charge is 0.382 e. The number of rotatable bonds is 6. The van der Waals surface area contributed by atoms with Crippen molar-refractivity contribution in [3.8, 4) is 11.4 Å². The van der Waals surface area contributed by atoms with Gasteiger partial charge in [0, 0.05) is 37.0 Å². The van der Waals surface area contributed by atoms with Crippen molar-refractivity contribution in [3.63, 3.8) is 0 Å². The van der Waals surface area contributed by atoms with E-state index in [4.69, 9.17) is 21.4 Å². The van der Waals surface area contributed by atoms with Crippen molar-refractivity contribution in [3.05, 3.63) is 59.7 Å². The molecule has 2 aromatic carbocycles. The quantitative estimate of drug-likeness (QED) is 0.398. The van der Waals surface area contributed by atoms with Gasteiger partial charge < -0.3 is 22.1 Å². The van der Waals surface area contributed by atoms with Gasteiger partial charge in [0.05, 0.1) is 33.8 Å². The number of aromatic nitrogens is 2. The number of aryl methyl sites for hydroxylation is 2. The lowest BCUT2D eigenvalue weighted by Crippen LogP contribution is -2.14. The van der Waals surface area contributed by atoms with E-state index in [1.807, 2.05) is 0 Å². The molecule has 6 heteroatoms. The molecule has 0 atom stereocenters. The molecule has 0 spiro atoms. The fourth-order valence-corrected chi connectivity index (χ4v) is 4.24. The van der Waals surface area contributed by atoms with Gasteiger partial charge in [-0.25, -0.2) is 9.97 Å². The number of nitrogens with zero attached hydrogens (tertiary/aromatic N) is 2. The predicted octanol–water partition coefficient (Wildman–Crippen LogP) is 3.29. The first kappa shape index (κ1) is 18.8. The second kappa shape index (κ2) is 7.89. The van der Waals surface area contributed by atoms with Crippen LogP contribution in [0.25, 0.3) is 33.2 Å². The Balaban J connectivity index is 1.69. The van der Waals surface area contributed by atoms with E-state index in [-0.39, 0.29) is 0 Å². The molecule has 0 saturated carbocycles. The molecule has 30 heavy (non-hydrogen) atoms. The number of nitrogens with two attached hydrogens (primary N) is 2. The van der Waals surface area contributed by atoms with E-state index in [2.05, 4.69) is 59.2 Å². The van der Waals surface area contributed by atoms with Gasteiger partial charge in [-0.05, 0) is 48.2 Å². The van der Waals surface area contributed by atoms with Crippen LogP contribution < -0.4 is 22.1 Å². The smallest absolute Gasteiger partial charge is 0.0941 e. The average Bonchev–Trinajstić information content (AvgIpc) is 2.78. The monoisotopic (exact) mass is 398 g/mol. The molecule has 0 amide bonds. The van der Waals surface area contributed by atoms with Crippen LogP contribution in [0.5, 0.6) is 0 Å². The number of benzene rings is 2. The van der Waals surface area contributed by atoms with Crippen LogP contribution in [0.3, 0.4) is 0 Å². The molecule has 0 radical (unpaired) electrons. The summed E-state index contributed by atoms with van der Waals surface area (Å²) in [4.78, 5) is 10.2. The maximum Gasteiger partial charge on any atom is 0.0941 e. The predicted molar refractivity (Wildman–Crippen MR) is 125 cm³/mol. The summed E-state index contributed by atoms with van der Waals surface area (Å²) in [5.74, 6) is 0. The number of hydrogen-bond acceptors (Lipinski definition) is 6. The molecule has 0 aliphatic heterocycles. The van der Waals surface area contributed by atoms with Crippen LogP contribution >= 0.6 is 0 Å². The summed E-state index contributed by atoms with van der Waals surface area (Å²) in [5, 5.41) is 9.09. The van der Waals surface area contributed by atoms with E-state index >= 15 is 0 Å². The highest BCUT2D eigenvalue weighted by molar-refractivity contribution is 5.96. The molecule has 0 unspecified atom stereocenters. The SMILES string of the molecule is NCCNc1cccc2cc3c(nc12)-c1nc2c(NCCN)cccc2cc1CC3. The van der Waals surface area contributed by atoms with Gasteiger partial charge in [-0.1, -0.05) is 24.3 Å². The fraction of sp³-hybridized carbons (Fsp3) is 0.250.